The van der Waals surface area contributed by atoms with Gasteiger partial charge in [0.1, 0.15) is 0 Å². The molecule has 1 aliphatic heterocycles. The van der Waals surface area contributed by atoms with Crippen molar-refractivity contribution in [2.24, 2.45) is 0 Å². The van der Waals surface area contributed by atoms with E-state index < -0.39 is 5.97 Å². The molecular weight excluding hydrogens is 314 g/mol. The van der Waals surface area contributed by atoms with Crippen LogP contribution in [0.2, 0.25) is 0 Å². The third kappa shape index (κ3) is 3.54. The number of carbonyl (C=O) groups excluding carboxylic acids is 2. The van der Waals surface area contributed by atoms with Crippen LogP contribution >= 0.6 is 11.3 Å². The Bertz CT molecular complexity index is 672. The Balaban J connectivity index is 2.46. The second-order valence-electron chi connectivity index (χ2n) is 5.16. The monoisotopic (exact) mass is 335 g/mol. The predicted octanol–water partition coefficient (Wildman–Crippen LogP) is 2.77. The lowest BCUT2D eigenvalue weighted by molar-refractivity contribution is -0.138. The first-order chi connectivity index (χ1) is 11.0. The summed E-state index contributed by atoms with van der Waals surface area (Å²) in [4.78, 5) is 27.6. The SMILES string of the molecule is CCOC(=O)C1=C(C)N(CCOC)C(=O)/C1=C\c1sccc1C. The summed E-state index contributed by atoms with van der Waals surface area (Å²) in [6.45, 7) is 6.58. The summed E-state index contributed by atoms with van der Waals surface area (Å²) in [7, 11) is 1.58. The molecule has 23 heavy (non-hydrogen) atoms. The number of thiophene rings is 1. The van der Waals surface area contributed by atoms with E-state index in [2.05, 4.69) is 0 Å². The third-order valence-electron chi connectivity index (χ3n) is 3.69. The van der Waals surface area contributed by atoms with E-state index >= 15 is 0 Å². The molecule has 0 saturated carbocycles. The van der Waals surface area contributed by atoms with Gasteiger partial charge >= 0.3 is 5.97 Å². The Morgan fingerprint density at radius 3 is 2.70 bits per heavy atom. The molecule has 0 aliphatic carbocycles. The smallest absolute Gasteiger partial charge is 0.340 e. The van der Waals surface area contributed by atoms with Crippen LogP contribution in [0.15, 0.2) is 28.3 Å². The number of hydrogen-bond acceptors (Lipinski definition) is 5. The van der Waals surface area contributed by atoms with Crippen LogP contribution in [0.25, 0.3) is 6.08 Å². The molecular formula is C17H21NO4S. The van der Waals surface area contributed by atoms with Gasteiger partial charge in [0.2, 0.25) is 0 Å². The predicted molar refractivity (Wildman–Crippen MR) is 90.0 cm³/mol. The Labute approximate surface area is 140 Å². The van der Waals surface area contributed by atoms with Crippen molar-refractivity contribution >= 4 is 29.3 Å². The van der Waals surface area contributed by atoms with Crippen LogP contribution in [-0.2, 0) is 19.1 Å². The fraction of sp³-hybridized carbons (Fsp3) is 0.412. The lowest BCUT2D eigenvalue weighted by atomic mass is 10.1. The van der Waals surface area contributed by atoms with Crippen molar-refractivity contribution in [2.75, 3.05) is 26.9 Å². The second-order valence-corrected chi connectivity index (χ2v) is 6.10. The number of amides is 1. The van der Waals surface area contributed by atoms with Gasteiger partial charge in [0.25, 0.3) is 5.91 Å². The quantitative estimate of drug-likeness (QED) is 0.592. The maximum Gasteiger partial charge on any atom is 0.340 e. The molecule has 1 aliphatic rings. The minimum atomic E-state index is -0.460. The van der Waals surface area contributed by atoms with E-state index in [1.54, 1.807) is 31.9 Å². The molecule has 0 radical (unpaired) electrons. The molecule has 1 aromatic heterocycles. The normalized spacial score (nSPS) is 16.6. The number of methoxy groups -OCH3 is 1. The summed E-state index contributed by atoms with van der Waals surface area (Å²) >= 11 is 1.54. The largest absolute Gasteiger partial charge is 0.462 e. The van der Waals surface area contributed by atoms with Crippen molar-refractivity contribution in [1.29, 1.82) is 0 Å². The number of esters is 1. The summed E-state index contributed by atoms with van der Waals surface area (Å²) in [5.74, 6) is -0.644. The van der Waals surface area contributed by atoms with Crippen molar-refractivity contribution in [3.05, 3.63) is 38.7 Å². The zero-order chi connectivity index (χ0) is 17.0. The van der Waals surface area contributed by atoms with Gasteiger partial charge in [-0.1, -0.05) is 0 Å². The van der Waals surface area contributed by atoms with Crippen molar-refractivity contribution in [3.8, 4) is 0 Å². The highest BCUT2D eigenvalue weighted by molar-refractivity contribution is 7.11. The fourth-order valence-corrected chi connectivity index (χ4v) is 3.30. The zero-order valence-corrected chi connectivity index (χ0v) is 14.7. The van der Waals surface area contributed by atoms with Crippen LogP contribution in [0.1, 0.15) is 24.3 Å². The Kier molecular flexibility index (Phi) is 5.74. The Hall–Kier alpha value is -1.92. The molecule has 5 nitrogen and oxygen atoms in total. The molecule has 6 heteroatoms. The fourth-order valence-electron chi connectivity index (χ4n) is 2.44. The molecule has 0 fully saturated rings. The maximum atomic E-state index is 12.7. The number of hydrogen-bond donors (Lipinski definition) is 0. The summed E-state index contributed by atoms with van der Waals surface area (Å²) in [5, 5.41) is 1.96. The number of ether oxygens (including phenoxy) is 2. The van der Waals surface area contributed by atoms with Crippen molar-refractivity contribution < 1.29 is 19.1 Å². The van der Waals surface area contributed by atoms with Crippen molar-refractivity contribution in [2.45, 2.75) is 20.8 Å². The first kappa shape index (κ1) is 17.4. The van der Waals surface area contributed by atoms with Crippen LogP contribution in [0.4, 0.5) is 0 Å². The van der Waals surface area contributed by atoms with E-state index in [4.69, 9.17) is 9.47 Å². The Morgan fingerprint density at radius 1 is 1.39 bits per heavy atom. The zero-order valence-electron chi connectivity index (χ0n) is 13.8. The van der Waals surface area contributed by atoms with Crippen LogP contribution in [0, 0.1) is 6.92 Å². The molecule has 1 amide bonds. The van der Waals surface area contributed by atoms with Crippen LogP contribution < -0.4 is 0 Å². The van der Waals surface area contributed by atoms with Crippen LogP contribution in [0.5, 0.6) is 0 Å². The van der Waals surface area contributed by atoms with Gasteiger partial charge in [0.05, 0.1) is 24.4 Å². The van der Waals surface area contributed by atoms with Crippen LogP contribution in [0.3, 0.4) is 0 Å². The number of rotatable bonds is 6. The van der Waals surface area contributed by atoms with E-state index in [1.165, 1.54) is 11.3 Å². The highest BCUT2D eigenvalue weighted by atomic mass is 32.1. The summed E-state index contributed by atoms with van der Waals surface area (Å²) in [5.41, 5.74) is 2.43. The second kappa shape index (κ2) is 7.57. The first-order valence-electron chi connectivity index (χ1n) is 7.46. The summed E-state index contributed by atoms with van der Waals surface area (Å²) < 4.78 is 10.2. The van der Waals surface area contributed by atoms with Crippen molar-refractivity contribution in [1.82, 2.24) is 4.90 Å². The van der Waals surface area contributed by atoms with Gasteiger partial charge < -0.3 is 14.4 Å². The molecule has 0 N–H and O–H groups in total. The molecule has 0 bridgehead atoms. The average Bonchev–Trinajstić information content (AvgIpc) is 3.01. The minimum absolute atomic E-state index is 0.185. The Morgan fingerprint density at radius 2 is 2.13 bits per heavy atom. The van der Waals surface area contributed by atoms with Gasteiger partial charge in [-0.05, 0) is 43.9 Å². The topological polar surface area (TPSA) is 55.8 Å². The maximum absolute atomic E-state index is 12.7. The molecule has 2 rings (SSSR count). The number of carbonyl (C=O) groups is 2. The highest BCUT2D eigenvalue weighted by Gasteiger charge is 2.37. The highest BCUT2D eigenvalue weighted by Crippen LogP contribution is 2.33. The van der Waals surface area contributed by atoms with Gasteiger partial charge in [-0.3, -0.25) is 4.79 Å². The van der Waals surface area contributed by atoms with Gasteiger partial charge in [0.15, 0.2) is 0 Å². The number of nitrogens with zero attached hydrogens (tertiary/aromatic N) is 1. The first-order valence-corrected chi connectivity index (χ1v) is 8.34. The molecule has 0 aromatic carbocycles. The standard InChI is InChI=1S/C17H21NO4S/c1-5-22-17(20)15-12(3)18(7-8-21-4)16(19)13(15)10-14-11(2)6-9-23-14/h6,9-10H,5,7-8H2,1-4H3/b13-10-. The average molecular weight is 335 g/mol. The lowest BCUT2D eigenvalue weighted by Crippen LogP contribution is -2.28. The van der Waals surface area contributed by atoms with Crippen LogP contribution in [-0.4, -0.2) is 43.6 Å². The molecule has 2 heterocycles. The number of aryl methyl sites for hydroxylation is 1. The molecule has 0 atom stereocenters. The van der Waals surface area contributed by atoms with Crippen molar-refractivity contribution in [3.63, 3.8) is 0 Å². The molecule has 0 spiro atoms. The van der Waals surface area contributed by atoms with E-state index in [0.717, 1.165) is 10.4 Å². The van der Waals surface area contributed by atoms with Gasteiger partial charge in [-0.25, -0.2) is 4.79 Å². The number of allylic oxidation sites excluding steroid dienone is 1. The molecule has 0 saturated heterocycles. The van der Waals surface area contributed by atoms with Gasteiger partial charge in [-0.15, -0.1) is 11.3 Å². The van der Waals surface area contributed by atoms with Gasteiger partial charge in [-0.2, -0.15) is 0 Å². The van der Waals surface area contributed by atoms with E-state index in [-0.39, 0.29) is 12.5 Å². The molecule has 1 aromatic rings. The minimum Gasteiger partial charge on any atom is -0.462 e. The lowest BCUT2D eigenvalue weighted by Gasteiger charge is -2.16. The molecule has 124 valence electrons. The molecule has 0 unspecified atom stereocenters. The van der Waals surface area contributed by atoms with Gasteiger partial charge in [0, 0.05) is 24.2 Å². The van der Waals surface area contributed by atoms with E-state index in [9.17, 15) is 9.59 Å². The van der Waals surface area contributed by atoms with E-state index in [0.29, 0.717) is 30.0 Å². The third-order valence-corrected chi connectivity index (χ3v) is 4.65. The van der Waals surface area contributed by atoms with E-state index in [1.807, 2.05) is 18.4 Å². The summed E-state index contributed by atoms with van der Waals surface area (Å²) in [6, 6.07) is 1.99. The summed E-state index contributed by atoms with van der Waals surface area (Å²) in [6.07, 6.45) is 1.78.